The Morgan fingerprint density at radius 2 is 2.06 bits per heavy atom. The third kappa shape index (κ3) is 3.09. The van der Waals surface area contributed by atoms with Crippen LogP contribution < -0.4 is 10.5 Å². The van der Waals surface area contributed by atoms with Crippen LogP contribution in [0.15, 0.2) is 23.1 Å². The molecule has 0 aromatic heterocycles. The van der Waals surface area contributed by atoms with Gasteiger partial charge in [0.15, 0.2) is 6.29 Å². The van der Waals surface area contributed by atoms with Crippen molar-refractivity contribution in [3.8, 4) is 5.75 Å². The number of ether oxygens (including phenoxy) is 2. The smallest absolute Gasteiger partial charge is 0.298 e. The average Bonchev–Trinajstić information content (AvgIpc) is 2.19. The molecule has 0 radical (unpaired) electrons. The Labute approximate surface area is 93.7 Å². The van der Waals surface area contributed by atoms with E-state index >= 15 is 0 Å². The molecule has 0 aliphatic rings. The van der Waals surface area contributed by atoms with E-state index in [0.717, 1.165) is 6.07 Å². The van der Waals surface area contributed by atoms with Gasteiger partial charge in [-0.1, -0.05) is 0 Å². The zero-order valence-electron chi connectivity index (χ0n) is 8.88. The first-order chi connectivity index (χ1) is 7.34. The third-order valence-corrected chi connectivity index (χ3v) is 2.75. The lowest BCUT2D eigenvalue weighted by Gasteiger charge is -2.15. The first-order valence-corrected chi connectivity index (χ1v) is 5.85. The summed E-state index contributed by atoms with van der Waals surface area (Å²) >= 11 is 0. The summed E-state index contributed by atoms with van der Waals surface area (Å²) in [7, 11) is -2.96. The summed E-state index contributed by atoms with van der Waals surface area (Å²) in [5.74, 6) is -0.00829. The fourth-order valence-electron chi connectivity index (χ4n) is 1.05. The number of hydrogen-bond acceptors (Lipinski definition) is 5. The van der Waals surface area contributed by atoms with Gasteiger partial charge in [0.05, 0.1) is 0 Å². The molecule has 0 saturated heterocycles. The Hall–Kier alpha value is -1.31. The Morgan fingerprint density at radius 1 is 1.44 bits per heavy atom. The van der Waals surface area contributed by atoms with Crippen LogP contribution >= 0.6 is 0 Å². The molecule has 0 amide bonds. The van der Waals surface area contributed by atoms with E-state index in [0.29, 0.717) is 0 Å². The quantitative estimate of drug-likeness (QED) is 0.465. The molecule has 16 heavy (non-hydrogen) atoms. The third-order valence-electron chi connectivity index (χ3n) is 1.87. The van der Waals surface area contributed by atoms with Crippen molar-refractivity contribution in [2.75, 3.05) is 12.8 Å². The van der Waals surface area contributed by atoms with Gasteiger partial charge < -0.3 is 15.2 Å². The number of nitrogen functional groups attached to an aromatic ring is 1. The summed E-state index contributed by atoms with van der Waals surface area (Å²) in [6, 6.07) is 3.94. The van der Waals surface area contributed by atoms with Crippen LogP contribution in [0.1, 0.15) is 6.92 Å². The molecule has 0 bridgehead atoms. The zero-order chi connectivity index (χ0) is 12.3. The highest BCUT2D eigenvalue weighted by molar-refractivity contribution is 7.86. The van der Waals surface area contributed by atoms with Crippen molar-refractivity contribution in [2.45, 2.75) is 18.1 Å². The topological polar surface area (TPSA) is 98.9 Å². The molecule has 0 saturated carbocycles. The summed E-state index contributed by atoms with van der Waals surface area (Å²) < 4.78 is 41.1. The molecular weight excluding hydrogens is 234 g/mol. The van der Waals surface area contributed by atoms with Gasteiger partial charge in [0.1, 0.15) is 10.6 Å². The van der Waals surface area contributed by atoms with E-state index in [1.54, 1.807) is 6.92 Å². The predicted octanol–water partition coefficient (Wildman–Crippen LogP) is 0.887. The van der Waals surface area contributed by atoms with Gasteiger partial charge in [-0.05, 0) is 25.1 Å². The van der Waals surface area contributed by atoms with Crippen LogP contribution in [0, 0.1) is 0 Å². The summed E-state index contributed by atoms with van der Waals surface area (Å²) in [5.41, 5.74) is 5.64. The van der Waals surface area contributed by atoms with Crippen LogP contribution in [-0.2, 0) is 14.9 Å². The molecule has 1 aromatic rings. The number of benzene rings is 1. The molecule has 3 N–H and O–H groups in total. The summed E-state index contributed by atoms with van der Waals surface area (Å²) in [5, 5.41) is 0. The van der Waals surface area contributed by atoms with Gasteiger partial charge in [-0.15, -0.1) is 0 Å². The minimum Gasteiger partial charge on any atom is -0.464 e. The second-order valence-corrected chi connectivity index (χ2v) is 4.49. The van der Waals surface area contributed by atoms with Crippen LogP contribution in [0.5, 0.6) is 5.75 Å². The van der Waals surface area contributed by atoms with E-state index in [-0.39, 0.29) is 16.3 Å². The second-order valence-electron chi connectivity index (χ2n) is 3.10. The van der Waals surface area contributed by atoms with Gasteiger partial charge in [0, 0.05) is 12.8 Å². The molecular formula is C9H13NO5S. The molecule has 0 spiro atoms. The highest BCUT2D eigenvalue weighted by Crippen LogP contribution is 2.26. The fourth-order valence-corrected chi connectivity index (χ4v) is 1.71. The first-order valence-electron chi connectivity index (χ1n) is 4.41. The summed E-state index contributed by atoms with van der Waals surface area (Å²) in [6.07, 6.45) is -0.635. The maximum atomic E-state index is 11.1. The molecule has 7 heteroatoms. The minimum atomic E-state index is -4.37. The largest absolute Gasteiger partial charge is 0.464 e. The van der Waals surface area contributed by atoms with Crippen molar-refractivity contribution < 1.29 is 22.4 Å². The van der Waals surface area contributed by atoms with Gasteiger partial charge in [-0.3, -0.25) is 4.55 Å². The molecule has 1 rings (SSSR count). The lowest BCUT2D eigenvalue weighted by atomic mass is 10.3. The molecule has 90 valence electrons. The number of methoxy groups -OCH3 is 1. The van der Waals surface area contributed by atoms with E-state index < -0.39 is 16.4 Å². The van der Waals surface area contributed by atoms with Crippen molar-refractivity contribution >= 4 is 15.8 Å². The summed E-state index contributed by atoms with van der Waals surface area (Å²) in [6.45, 7) is 1.59. The maximum absolute atomic E-state index is 11.1. The first kappa shape index (κ1) is 12.8. The molecule has 0 heterocycles. The number of anilines is 1. The average molecular weight is 247 g/mol. The molecule has 1 aromatic carbocycles. The molecule has 6 nitrogen and oxygen atoms in total. The van der Waals surface area contributed by atoms with Crippen LogP contribution in [-0.4, -0.2) is 26.4 Å². The van der Waals surface area contributed by atoms with Crippen LogP contribution in [0.2, 0.25) is 0 Å². The van der Waals surface area contributed by atoms with E-state index in [2.05, 4.69) is 0 Å². The number of rotatable bonds is 4. The van der Waals surface area contributed by atoms with E-state index in [9.17, 15) is 8.42 Å². The second kappa shape index (κ2) is 4.69. The van der Waals surface area contributed by atoms with Crippen molar-refractivity contribution in [1.82, 2.24) is 0 Å². The maximum Gasteiger partial charge on any atom is 0.298 e. The fraction of sp³-hybridized carbons (Fsp3) is 0.333. The standard InChI is InChI=1S/C9H13NO5S/c1-6(14-2)15-8-4-3-7(10)5-9(8)16(11,12)13/h3-6H,10H2,1-2H3,(H,11,12,13). The normalized spacial score (nSPS) is 13.4. The van der Waals surface area contributed by atoms with Gasteiger partial charge in [-0.2, -0.15) is 8.42 Å². The van der Waals surface area contributed by atoms with Crippen molar-refractivity contribution in [3.63, 3.8) is 0 Å². The highest BCUT2D eigenvalue weighted by atomic mass is 32.2. The van der Waals surface area contributed by atoms with Gasteiger partial charge in [0.25, 0.3) is 10.1 Å². The Bertz CT molecular complexity index is 471. The number of hydrogen-bond donors (Lipinski definition) is 2. The summed E-state index contributed by atoms with van der Waals surface area (Å²) in [4.78, 5) is -0.378. The van der Waals surface area contributed by atoms with Gasteiger partial charge >= 0.3 is 0 Å². The predicted molar refractivity (Wildman–Crippen MR) is 57.8 cm³/mol. The lowest BCUT2D eigenvalue weighted by Crippen LogP contribution is -2.15. The van der Waals surface area contributed by atoms with Crippen molar-refractivity contribution in [3.05, 3.63) is 18.2 Å². The Morgan fingerprint density at radius 3 is 2.56 bits per heavy atom. The van der Waals surface area contributed by atoms with Crippen molar-refractivity contribution in [2.24, 2.45) is 0 Å². The van der Waals surface area contributed by atoms with Gasteiger partial charge in [0.2, 0.25) is 0 Å². The monoisotopic (exact) mass is 247 g/mol. The zero-order valence-corrected chi connectivity index (χ0v) is 9.69. The van der Waals surface area contributed by atoms with E-state index in [4.69, 9.17) is 19.8 Å². The molecule has 0 aliphatic heterocycles. The Balaban J connectivity index is 3.19. The SMILES string of the molecule is COC(C)Oc1ccc(N)cc1S(=O)(=O)O. The molecule has 1 atom stereocenters. The van der Waals surface area contributed by atoms with Crippen LogP contribution in [0.3, 0.4) is 0 Å². The van der Waals surface area contributed by atoms with Gasteiger partial charge in [-0.25, -0.2) is 0 Å². The lowest BCUT2D eigenvalue weighted by molar-refractivity contribution is -0.0400. The van der Waals surface area contributed by atoms with Crippen LogP contribution in [0.25, 0.3) is 0 Å². The molecule has 0 aliphatic carbocycles. The molecule has 0 fully saturated rings. The van der Waals surface area contributed by atoms with E-state index in [1.807, 2.05) is 0 Å². The molecule has 1 unspecified atom stereocenters. The minimum absolute atomic E-state index is 0.00829. The Kier molecular flexibility index (Phi) is 3.74. The number of nitrogens with two attached hydrogens (primary N) is 1. The van der Waals surface area contributed by atoms with Crippen LogP contribution in [0.4, 0.5) is 5.69 Å². The van der Waals surface area contributed by atoms with Crippen molar-refractivity contribution in [1.29, 1.82) is 0 Å². The highest BCUT2D eigenvalue weighted by Gasteiger charge is 2.18. The van der Waals surface area contributed by atoms with E-state index in [1.165, 1.54) is 19.2 Å².